The predicted octanol–water partition coefficient (Wildman–Crippen LogP) is 2.52. The third kappa shape index (κ3) is 2.36. The molecule has 0 aliphatic carbocycles. The molecule has 0 radical (unpaired) electrons. The number of fused-ring (bicyclic) bond motifs is 3. The van der Waals surface area contributed by atoms with E-state index in [4.69, 9.17) is 0 Å². The number of amides is 1. The number of benzene rings is 1. The third-order valence-corrected chi connectivity index (χ3v) is 4.27. The van der Waals surface area contributed by atoms with E-state index in [1.165, 1.54) is 0 Å². The molecule has 1 aliphatic heterocycles. The molecule has 5 heteroatoms. The van der Waals surface area contributed by atoms with Gasteiger partial charge in [0.1, 0.15) is 12.2 Å². The maximum Gasteiger partial charge on any atom is 0.323 e. The summed E-state index contributed by atoms with van der Waals surface area (Å²) in [5.41, 5.74) is 2.39. The summed E-state index contributed by atoms with van der Waals surface area (Å²) >= 11 is 0. The molecule has 0 saturated heterocycles. The van der Waals surface area contributed by atoms with Crippen molar-refractivity contribution in [3.05, 3.63) is 35.5 Å². The monoisotopic (exact) mass is 300 g/mol. The van der Waals surface area contributed by atoms with Gasteiger partial charge < -0.3 is 14.6 Å². The van der Waals surface area contributed by atoms with Crippen LogP contribution in [-0.4, -0.2) is 39.5 Å². The molecule has 2 heterocycles. The van der Waals surface area contributed by atoms with Crippen LogP contribution >= 0.6 is 0 Å². The second-order valence-electron chi connectivity index (χ2n) is 5.72. The van der Waals surface area contributed by atoms with Gasteiger partial charge in [0.05, 0.1) is 0 Å². The van der Waals surface area contributed by atoms with E-state index in [1.54, 1.807) is 4.57 Å². The molecule has 0 fully saturated rings. The average Bonchev–Trinajstić information content (AvgIpc) is 2.81. The van der Waals surface area contributed by atoms with Crippen LogP contribution in [0.1, 0.15) is 35.8 Å². The van der Waals surface area contributed by atoms with Crippen molar-refractivity contribution in [2.45, 2.75) is 32.7 Å². The second kappa shape index (κ2) is 5.83. The Morgan fingerprint density at radius 1 is 1.32 bits per heavy atom. The molecule has 2 aromatic rings. The summed E-state index contributed by atoms with van der Waals surface area (Å²) in [4.78, 5) is 25.9. The zero-order chi connectivity index (χ0) is 15.7. The summed E-state index contributed by atoms with van der Waals surface area (Å²) in [6, 6.07) is 7.68. The highest BCUT2D eigenvalue weighted by atomic mass is 16.4. The van der Waals surface area contributed by atoms with Gasteiger partial charge >= 0.3 is 5.97 Å². The first kappa shape index (κ1) is 14.6. The SMILES string of the molecule is CCCCN1CCc2c(n(CC(=O)O)c3ccccc23)C1=O. The lowest BCUT2D eigenvalue weighted by atomic mass is 10.0. The normalized spacial score (nSPS) is 14.4. The molecule has 5 nitrogen and oxygen atoms in total. The Morgan fingerprint density at radius 3 is 2.82 bits per heavy atom. The molecule has 116 valence electrons. The van der Waals surface area contributed by atoms with E-state index in [-0.39, 0.29) is 12.5 Å². The first-order chi connectivity index (χ1) is 10.6. The molecular weight excluding hydrogens is 280 g/mol. The minimum atomic E-state index is -0.929. The number of carboxylic acid groups (broad SMARTS) is 1. The number of hydrogen-bond donors (Lipinski definition) is 1. The highest BCUT2D eigenvalue weighted by Crippen LogP contribution is 2.30. The Balaban J connectivity index is 2.11. The molecular formula is C17H20N2O3. The van der Waals surface area contributed by atoms with Crippen LogP contribution in [0.5, 0.6) is 0 Å². The van der Waals surface area contributed by atoms with Gasteiger partial charge in [-0.1, -0.05) is 31.5 Å². The van der Waals surface area contributed by atoms with Gasteiger partial charge in [-0.15, -0.1) is 0 Å². The molecule has 0 spiro atoms. The quantitative estimate of drug-likeness (QED) is 0.923. The van der Waals surface area contributed by atoms with Crippen molar-refractivity contribution in [1.29, 1.82) is 0 Å². The number of carbonyl (C=O) groups is 2. The van der Waals surface area contributed by atoms with Crippen molar-refractivity contribution in [3.8, 4) is 0 Å². The summed E-state index contributed by atoms with van der Waals surface area (Å²) in [6.45, 7) is 3.38. The number of carbonyl (C=O) groups excluding carboxylic acids is 1. The summed E-state index contributed by atoms with van der Waals surface area (Å²) in [7, 11) is 0. The smallest absolute Gasteiger partial charge is 0.323 e. The van der Waals surface area contributed by atoms with Crippen LogP contribution in [0.2, 0.25) is 0 Å². The minimum Gasteiger partial charge on any atom is -0.480 e. The van der Waals surface area contributed by atoms with Crippen molar-refractivity contribution in [1.82, 2.24) is 9.47 Å². The first-order valence-corrected chi connectivity index (χ1v) is 7.74. The van der Waals surface area contributed by atoms with E-state index in [1.807, 2.05) is 29.2 Å². The predicted molar refractivity (Wildman–Crippen MR) is 84.1 cm³/mol. The van der Waals surface area contributed by atoms with Crippen LogP contribution in [0.25, 0.3) is 10.9 Å². The van der Waals surface area contributed by atoms with Gasteiger partial charge in [0.25, 0.3) is 5.91 Å². The Labute approximate surface area is 129 Å². The van der Waals surface area contributed by atoms with Gasteiger partial charge in [-0.25, -0.2) is 0 Å². The maximum absolute atomic E-state index is 12.8. The Morgan fingerprint density at radius 2 is 2.09 bits per heavy atom. The first-order valence-electron chi connectivity index (χ1n) is 7.74. The zero-order valence-corrected chi connectivity index (χ0v) is 12.7. The van der Waals surface area contributed by atoms with Gasteiger partial charge in [0, 0.05) is 24.0 Å². The van der Waals surface area contributed by atoms with Crippen LogP contribution < -0.4 is 0 Å². The van der Waals surface area contributed by atoms with Crippen LogP contribution in [0.15, 0.2) is 24.3 Å². The van der Waals surface area contributed by atoms with Gasteiger partial charge in [-0.05, 0) is 24.5 Å². The van der Waals surface area contributed by atoms with Crippen molar-refractivity contribution in [3.63, 3.8) is 0 Å². The highest BCUT2D eigenvalue weighted by molar-refractivity contribution is 6.03. The molecule has 0 atom stereocenters. The summed E-state index contributed by atoms with van der Waals surface area (Å²) in [5.74, 6) is -0.964. The standard InChI is InChI=1S/C17H20N2O3/c1-2-3-9-18-10-8-13-12-6-4-5-7-14(12)19(11-15(20)21)16(13)17(18)22/h4-7H,2-3,8-11H2,1H3,(H,20,21). The van der Waals surface area contributed by atoms with Gasteiger partial charge in [-0.2, -0.15) is 0 Å². The lowest BCUT2D eigenvalue weighted by molar-refractivity contribution is -0.137. The van der Waals surface area contributed by atoms with Gasteiger partial charge in [0.15, 0.2) is 0 Å². The number of aromatic nitrogens is 1. The van der Waals surface area contributed by atoms with Crippen LogP contribution in [0.3, 0.4) is 0 Å². The number of rotatable bonds is 5. The molecule has 1 aromatic heterocycles. The highest BCUT2D eigenvalue weighted by Gasteiger charge is 2.30. The summed E-state index contributed by atoms with van der Waals surface area (Å²) in [5, 5.41) is 10.2. The van der Waals surface area contributed by atoms with Gasteiger partial charge in [0.2, 0.25) is 0 Å². The molecule has 22 heavy (non-hydrogen) atoms. The van der Waals surface area contributed by atoms with Crippen molar-refractivity contribution in [2.24, 2.45) is 0 Å². The van der Waals surface area contributed by atoms with Crippen LogP contribution in [0, 0.1) is 0 Å². The number of aliphatic carboxylic acids is 1. The topological polar surface area (TPSA) is 62.5 Å². The largest absolute Gasteiger partial charge is 0.480 e. The average molecular weight is 300 g/mol. The van der Waals surface area contributed by atoms with Crippen molar-refractivity contribution < 1.29 is 14.7 Å². The summed E-state index contributed by atoms with van der Waals surface area (Å²) in [6.07, 6.45) is 2.80. The Bertz CT molecular complexity index is 733. The molecule has 1 aliphatic rings. The van der Waals surface area contributed by atoms with Crippen LogP contribution in [0.4, 0.5) is 0 Å². The fraction of sp³-hybridized carbons (Fsp3) is 0.412. The van der Waals surface area contributed by atoms with E-state index >= 15 is 0 Å². The van der Waals surface area contributed by atoms with Gasteiger partial charge in [-0.3, -0.25) is 9.59 Å². The number of para-hydroxylation sites is 1. The maximum atomic E-state index is 12.8. The van der Waals surface area contributed by atoms with E-state index < -0.39 is 5.97 Å². The molecule has 1 aromatic carbocycles. The van der Waals surface area contributed by atoms with Crippen molar-refractivity contribution in [2.75, 3.05) is 13.1 Å². The fourth-order valence-corrected chi connectivity index (χ4v) is 3.23. The van der Waals surface area contributed by atoms with E-state index in [2.05, 4.69) is 6.92 Å². The number of unbranched alkanes of at least 4 members (excludes halogenated alkanes) is 1. The lowest BCUT2D eigenvalue weighted by Crippen LogP contribution is -2.39. The third-order valence-electron chi connectivity index (χ3n) is 4.27. The molecule has 0 saturated carbocycles. The van der Waals surface area contributed by atoms with E-state index in [0.717, 1.165) is 42.3 Å². The zero-order valence-electron chi connectivity index (χ0n) is 12.7. The number of nitrogens with zero attached hydrogens (tertiary/aromatic N) is 2. The molecule has 0 unspecified atom stereocenters. The molecule has 3 rings (SSSR count). The minimum absolute atomic E-state index is 0.0350. The van der Waals surface area contributed by atoms with E-state index in [9.17, 15) is 14.7 Å². The Hall–Kier alpha value is -2.30. The Kier molecular flexibility index (Phi) is 3.88. The van der Waals surface area contributed by atoms with Crippen LogP contribution in [-0.2, 0) is 17.8 Å². The molecule has 1 amide bonds. The number of hydrogen-bond acceptors (Lipinski definition) is 2. The number of carboxylic acids is 1. The molecule has 0 bridgehead atoms. The van der Waals surface area contributed by atoms with Crippen molar-refractivity contribution >= 4 is 22.8 Å². The fourth-order valence-electron chi connectivity index (χ4n) is 3.23. The molecule has 1 N–H and O–H groups in total. The lowest BCUT2D eigenvalue weighted by Gasteiger charge is -2.28. The summed E-state index contributed by atoms with van der Waals surface area (Å²) < 4.78 is 1.66. The van der Waals surface area contributed by atoms with E-state index in [0.29, 0.717) is 12.2 Å². The second-order valence-corrected chi connectivity index (χ2v) is 5.72.